The van der Waals surface area contributed by atoms with E-state index in [2.05, 4.69) is 4.98 Å². The van der Waals surface area contributed by atoms with Crippen LogP contribution in [0.1, 0.15) is 40.0 Å². The molecule has 4 aromatic heterocycles. The predicted octanol–water partition coefficient (Wildman–Crippen LogP) is 3.63. The van der Waals surface area contributed by atoms with Gasteiger partial charge in [-0.25, -0.2) is 9.50 Å². The summed E-state index contributed by atoms with van der Waals surface area (Å²) in [6, 6.07) is 9.77. The first kappa shape index (κ1) is 17.6. The summed E-state index contributed by atoms with van der Waals surface area (Å²) >= 11 is 0. The second-order valence-corrected chi connectivity index (χ2v) is 7.49. The van der Waals surface area contributed by atoms with E-state index in [4.69, 9.17) is 14.5 Å². The van der Waals surface area contributed by atoms with Crippen LogP contribution in [-0.4, -0.2) is 43.5 Å². The van der Waals surface area contributed by atoms with Gasteiger partial charge in [0.25, 0.3) is 5.91 Å². The summed E-state index contributed by atoms with van der Waals surface area (Å²) in [6.45, 7) is 5.01. The van der Waals surface area contributed by atoms with Gasteiger partial charge in [0.15, 0.2) is 11.5 Å². The summed E-state index contributed by atoms with van der Waals surface area (Å²) in [5, 5.41) is 4.70. The summed E-state index contributed by atoms with van der Waals surface area (Å²) in [7, 11) is 0. The van der Waals surface area contributed by atoms with E-state index in [1.54, 1.807) is 12.4 Å². The fourth-order valence-electron chi connectivity index (χ4n) is 3.96. The number of hydrogen-bond donors (Lipinski definition) is 0. The lowest BCUT2D eigenvalue weighted by Gasteiger charge is -2.15. The summed E-state index contributed by atoms with van der Waals surface area (Å²) < 4.78 is 7.33. The topological polar surface area (TPSA) is 76.5 Å². The highest BCUT2D eigenvalue weighted by atomic mass is 16.3. The number of likely N-dealkylation sites (tertiary alicyclic amines) is 1. The van der Waals surface area contributed by atoms with E-state index in [9.17, 15) is 4.79 Å². The Bertz CT molecular complexity index is 1190. The molecule has 0 radical (unpaired) electrons. The van der Waals surface area contributed by atoms with Crippen LogP contribution in [0.2, 0.25) is 0 Å². The molecule has 1 fully saturated rings. The predicted molar refractivity (Wildman–Crippen MR) is 108 cm³/mol. The molecule has 0 spiro atoms. The Morgan fingerprint density at radius 3 is 2.72 bits per heavy atom. The zero-order chi connectivity index (χ0) is 20.0. The molecule has 5 heterocycles. The van der Waals surface area contributed by atoms with Crippen LogP contribution in [0.3, 0.4) is 0 Å². The molecule has 7 heteroatoms. The van der Waals surface area contributed by atoms with Gasteiger partial charge in [-0.2, -0.15) is 5.10 Å². The first-order valence-corrected chi connectivity index (χ1v) is 9.71. The molecule has 4 aromatic rings. The maximum absolute atomic E-state index is 12.8. The molecule has 5 rings (SSSR count). The van der Waals surface area contributed by atoms with Crippen molar-refractivity contribution >= 4 is 11.6 Å². The van der Waals surface area contributed by atoms with Crippen LogP contribution in [-0.2, 0) is 0 Å². The molecular formula is C22H21N5O2. The van der Waals surface area contributed by atoms with Gasteiger partial charge in [0.2, 0.25) is 0 Å². The van der Waals surface area contributed by atoms with Gasteiger partial charge in [-0.1, -0.05) is 0 Å². The second-order valence-electron chi connectivity index (χ2n) is 7.49. The molecule has 1 aliphatic heterocycles. The number of nitrogens with zero attached hydrogens (tertiary/aromatic N) is 5. The van der Waals surface area contributed by atoms with Gasteiger partial charge in [0.05, 0.1) is 5.56 Å². The van der Waals surface area contributed by atoms with Gasteiger partial charge < -0.3 is 9.32 Å². The third kappa shape index (κ3) is 3.18. The Balaban J connectivity index is 1.37. The third-order valence-corrected chi connectivity index (χ3v) is 5.47. The molecule has 7 nitrogen and oxygen atoms in total. The molecule has 1 amide bonds. The van der Waals surface area contributed by atoms with Crippen LogP contribution in [0, 0.1) is 13.8 Å². The molecule has 1 saturated heterocycles. The van der Waals surface area contributed by atoms with Crippen molar-refractivity contribution < 1.29 is 9.21 Å². The number of rotatable bonds is 3. The van der Waals surface area contributed by atoms with Gasteiger partial charge in [-0.3, -0.25) is 9.78 Å². The Morgan fingerprint density at radius 1 is 1.14 bits per heavy atom. The Morgan fingerprint density at radius 2 is 1.97 bits per heavy atom. The average Bonchev–Trinajstić information content (AvgIpc) is 3.45. The SMILES string of the molecule is Cc1cc(C(=O)N2CCC(c3nc4ccc(-c5ccncc5)cn4n3)C2)c(C)o1. The number of amides is 1. The van der Waals surface area contributed by atoms with Crippen molar-refractivity contribution in [2.75, 3.05) is 13.1 Å². The van der Waals surface area contributed by atoms with Gasteiger partial charge in [-0.15, -0.1) is 0 Å². The molecule has 146 valence electrons. The zero-order valence-corrected chi connectivity index (χ0v) is 16.4. The lowest BCUT2D eigenvalue weighted by Crippen LogP contribution is -2.28. The highest BCUT2D eigenvalue weighted by molar-refractivity contribution is 5.95. The monoisotopic (exact) mass is 387 g/mol. The molecule has 0 saturated carbocycles. The molecule has 29 heavy (non-hydrogen) atoms. The van der Waals surface area contributed by atoms with E-state index in [0.29, 0.717) is 24.4 Å². The number of pyridine rings is 2. The van der Waals surface area contributed by atoms with Crippen molar-refractivity contribution in [3.63, 3.8) is 0 Å². The van der Waals surface area contributed by atoms with Gasteiger partial charge >= 0.3 is 0 Å². The standard InChI is InChI=1S/C22H21N5O2/c1-14-11-19(15(2)29-14)22(28)26-10-7-18(12-26)21-24-20-4-3-17(13-27(20)25-21)16-5-8-23-9-6-16/h3-6,8-9,11,13,18H,7,10,12H2,1-2H3. The van der Waals surface area contributed by atoms with Crippen LogP contribution >= 0.6 is 0 Å². The number of aryl methyl sites for hydroxylation is 2. The van der Waals surface area contributed by atoms with Crippen molar-refractivity contribution in [1.29, 1.82) is 0 Å². The number of aromatic nitrogens is 4. The van der Waals surface area contributed by atoms with Gasteiger partial charge in [0.1, 0.15) is 11.5 Å². The number of furan rings is 1. The van der Waals surface area contributed by atoms with E-state index < -0.39 is 0 Å². The minimum Gasteiger partial charge on any atom is -0.466 e. The molecule has 0 N–H and O–H groups in total. The van der Waals surface area contributed by atoms with Crippen molar-refractivity contribution in [2.24, 2.45) is 0 Å². The molecular weight excluding hydrogens is 366 g/mol. The molecule has 1 atom stereocenters. The van der Waals surface area contributed by atoms with E-state index >= 15 is 0 Å². The molecule has 1 aliphatic rings. The Labute approximate surface area is 168 Å². The summed E-state index contributed by atoms with van der Waals surface area (Å²) in [5.74, 6) is 2.37. The second kappa shape index (κ2) is 6.84. The Kier molecular flexibility index (Phi) is 4.16. The first-order chi connectivity index (χ1) is 14.1. The van der Waals surface area contributed by atoms with E-state index in [1.807, 2.05) is 59.8 Å². The van der Waals surface area contributed by atoms with Gasteiger partial charge in [-0.05, 0) is 56.2 Å². The fourth-order valence-corrected chi connectivity index (χ4v) is 3.96. The summed E-state index contributed by atoms with van der Waals surface area (Å²) in [5.41, 5.74) is 3.60. The smallest absolute Gasteiger partial charge is 0.257 e. The van der Waals surface area contributed by atoms with Crippen molar-refractivity contribution in [2.45, 2.75) is 26.2 Å². The van der Waals surface area contributed by atoms with Crippen LogP contribution in [0.15, 0.2) is 53.3 Å². The maximum Gasteiger partial charge on any atom is 0.257 e. The van der Waals surface area contributed by atoms with Crippen LogP contribution in [0.5, 0.6) is 0 Å². The highest BCUT2D eigenvalue weighted by Gasteiger charge is 2.31. The van der Waals surface area contributed by atoms with Crippen molar-refractivity contribution in [3.05, 3.63) is 71.8 Å². The van der Waals surface area contributed by atoms with E-state index in [0.717, 1.165) is 34.8 Å². The fraction of sp³-hybridized carbons (Fsp3) is 0.273. The minimum atomic E-state index is 0.0191. The number of hydrogen-bond acceptors (Lipinski definition) is 5. The van der Waals surface area contributed by atoms with Crippen molar-refractivity contribution in [1.82, 2.24) is 24.5 Å². The molecule has 0 aliphatic carbocycles. The maximum atomic E-state index is 12.8. The zero-order valence-electron chi connectivity index (χ0n) is 16.4. The lowest BCUT2D eigenvalue weighted by atomic mass is 10.1. The minimum absolute atomic E-state index is 0.0191. The van der Waals surface area contributed by atoms with Gasteiger partial charge in [0, 0.05) is 43.2 Å². The lowest BCUT2D eigenvalue weighted by molar-refractivity contribution is 0.0789. The summed E-state index contributed by atoms with van der Waals surface area (Å²) in [6.07, 6.45) is 6.39. The molecule has 1 unspecified atom stereocenters. The van der Waals surface area contributed by atoms with Crippen LogP contribution in [0.4, 0.5) is 0 Å². The van der Waals surface area contributed by atoms with Crippen LogP contribution in [0.25, 0.3) is 16.8 Å². The summed E-state index contributed by atoms with van der Waals surface area (Å²) in [4.78, 5) is 23.5. The molecule has 0 aromatic carbocycles. The first-order valence-electron chi connectivity index (χ1n) is 9.71. The number of fused-ring (bicyclic) bond motifs is 1. The highest BCUT2D eigenvalue weighted by Crippen LogP contribution is 2.28. The Hall–Kier alpha value is -3.48. The third-order valence-electron chi connectivity index (χ3n) is 5.47. The number of carbonyl (C=O) groups is 1. The van der Waals surface area contributed by atoms with E-state index in [1.165, 1.54) is 0 Å². The quantitative estimate of drug-likeness (QED) is 0.536. The average molecular weight is 387 g/mol. The van der Waals surface area contributed by atoms with Crippen molar-refractivity contribution in [3.8, 4) is 11.1 Å². The largest absolute Gasteiger partial charge is 0.466 e. The normalized spacial score (nSPS) is 16.6. The van der Waals surface area contributed by atoms with E-state index in [-0.39, 0.29) is 11.8 Å². The number of carbonyl (C=O) groups excluding carboxylic acids is 1. The molecule has 0 bridgehead atoms. The van der Waals surface area contributed by atoms with Crippen LogP contribution < -0.4 is 0 Å².